The van der Waals surface area contributed by atoms with E-state index < -0.39 is 0 Å². The van der Waals surface area contributed by atoms with E-state index in [9.17, 15) is 4.39 Å². The molecule has 0 amide bonds. The summed E-state index contributed by atoms with van der Waals surface area (Å²) in [6.07, 6.45) is 2.63. The largest absolute Gasteiger partial charge is 0.494 e. The van der Waals surface area contributed by atoms with Crippen LogP contribution in [-0.4, -0.2) is 32.3 Å². The fraction of sp³-hybridized carbons (Fsp3) is 0.600. The maximum Gasteiger partial charge on any atom is 0.145 e. The summed E-state index contributed by atoms with van der Waals surface area (Å²) in [4.78, 5) is 2.31. The van der Waals surface area contributed by atoms with Crippen LogP contribution in [0.2, 0.25) is 0 Å². The average Bonchev–Trinajstić information content (AvgIpc) is 3.23. The lowest BCUT2D eigenvalue weighted by Crippen LogP contribution is -2.60. The number of halogens is 1. The number of nitrogens with one attached hydrogen (secondary N) is 1. The average molecular weight is 264 g/mol. The molecular weight excluding hydrogens is 243 g/mol. The summed E-state index contributed by atoms with van der Waals surface area (Å²) in [6.45, 7) is 5.16. The second-order valence-electron chi connectivity index (χ2n) is 5.86. The number of methoxy groups -OCH3 is 1. The minimum Gasteiger partial charge on any atom is -0.494 e. The van der Waals surface area contributed by atoms with Crippen molar-refractivity contribution in [1.29, 1.82) is 0 Å². The van der Waals surface area contributed by atoms with Crippen LogP contribution in [0.5, 0.6) is 5.75 Å². The van der Waals surface area contributed by atoms with Crippen LogP contribution >= 0.6 is 0 Å². The first kappa shape index (κ1) is 12.7. The maximum atomic E-state index is 13.3. The highest BCUT2D eigenvalue weighted by Gasteiger charge is 2.44. The van der Waals surface area contributed by atoms with Crippen molar-refractivity contribution in [1.82, 2.24) is 5.32 Å². The smallest absolute Gasteiger partial charge is 0.145 e. The minimum absolute atomic E-state index is 0.178. The predicted octanol–water partition coefficient (Wildman–Crippen LogP) is 2.41. The van der Waals surface area contributed by atoms with Gasteiger partial charge in [-0.1, -0.05) is 0 Å². The molecule has 1 aliphatic carbocycles. The molecule has 2 aliphatic rings. The third-order valence-electron chi connectivity index (χ3n) is 4.39. The van der Waals surface area contributed by atoms with E-state index >= 15 is 0 Å². The minimum atomic E-state index is -0.249. The first-order valence-electron chi connectivity index (χ1n) is 6.96. The highest BCUT2D eigenvalue weighted by Crippen LogP contribution is 2.42. The Morgan fingerprint density at radius 2 is 2.21 bits per heavy atom. The number of hydrogen-bond donors (Lipinski definition) is 1. The van der Waals surface area contributed by atoms with E-state index in [1.807, 2.05) is 6.07 Å². The summed E-state index contributed by atoms with van der Waals surface area (Å²) in [7, 11) is 1.60. The van der Waals surface area contributed by atoms with Gasteiger partial charge in [0.25, 0.3) is 0 Å². The molecule has 1 unspecified atom stereocenters. The molecule has 0 spiro atoms. The van der Waals surface area contributed by atoms with Gasteiger partial charge in [0.15, 0.2) is 0 Å². The lowest BCUT2D eigenvalue weighted by molar-refractivity contribution is 0.284. The lowest BCUT2D eigenvalue weighted by atomic mass is 9.92. The van der Waals surface area contributed by atoms with Crippen LogP contribution < -0.4 is 15.0 Å². The molecule has 3 nitrogen and oxygen atoms in total. The summed E-state index contributed by atoms with van der Waals surface area (Å²) in [5.41, 5.74) is 1.18. The molecule has 4 heteroatoms. The molecule has 0 radical (unpaired) electrons. The highest BCUT2D eigenvalue weighted by atomic mass is 19.1. The van der Waals surface area contributed by atoms with Crippen molar-refractivity contribution in [2.24, 2.45) is 5.92 Å². The second kappa shape index (κ2) is 4.67. The molecule has 1 saturated carbocycles. The fourth-order valence-electron chi connectivity index (χ4n) is 3.12. The Hall–Kier alpha value is -1.29. The van der Waals surface area contributed by atoms with Crippen LogP contribution in [0, 0.1) is 11.7 Å². The fourth-order valence-corrected chi connectivity index (χ4v) is 3.12. The third kappa shape index (κ3) is 2.41. The zero-order chi connectivity index (χ0) is 13.5. The van der Waals surface area contributed by atoms with Gasteiger partial charge >= 0.3 is 0 Å². The van der Waals surface area contributed by atoms with Gasteiger partial charge < -0.3 is 15.0 Å². The van der Waals surface area contributed by atoms with E-state index in [0.29, 0.717) is 5.75 Å². The van der Waals surface area contributed by atoms with Gasteiger partial charge in [-0.25, -0.2) is 4.39 Å². The van der Waals surface area contributed by atoms with E-state index in [-0.39, 0.29) is 11.4 Å². The van der Waals surface area contributed by atoms with Crippen LogP contribution in [0.1, 0.15) is 19.8 Å². The molecule has 1 heterocycles. The van der Waals surface area contributed by atoms with Crippen molar-refractivity contribution in [2.75, 3.05) is 31.6 Å². The van der Waals surface area contributed by atoms with E-state index in [1.165, 1.54) is 25.0 Å². The topological polar surface area (TPSA) is 24.5 Å². The standard InChI is InChI=1S/C15H21FN2O/c1-15(11-3-4-11)10-18(8-7-17-15)13-6-5-12(16)9-14(13)19-2/h5-6,9,11,17H,3-4,7-8,10H2,1-2H3. The molecule has 1 aromatic rings. The molecule has 1 saturated heterocycles. The van der Waals surface area contributed by atoms with Crippen LogP contribution in [0.3, 0.4) is 0 Å². The highest BCUT2D eigenvalue weighted by molar-refractivity contribution is 5.59. The molecule has 1 N–H and O–H groups in total. The number of benzene rings is 1. The summed E-state index contributed by atoms with van der Waals surface area (Å²) in [6, 6.07) is 4.80. The molecule has 1 atom stereocenters. The zero-order valence-corrected chi connectivity index (χ0v) is 11.6. The first-order chi connectivity index (χ1) is 9.12. The lowest BCUT2D eigenvalue weighted by Gasteiger charge is -2.43. The van der Waals surface area contributed by atoms with Gasteiger partial charge in [-0.15, -0.1) is 0 Å². The van der Waals surface area contributed by atoms with Crippen molar-refractivity contribution in [3.63, 3.8) is 0 Å². The molecule has 1 aliphatic heterocycles. The van der Waals surface area contributed by atoms with Crippen LogP contribution in [0.25, 0.3) is 0 Å². The van der Waals surface area contributed by atoms with Crippen LogP contribution in [0.4, 0.5) is 10.1 Å². The summed E-state index contributed by atoms with van der Waals surface area (Å²) in [5, 5.41) is 3.65. The number of rotatable bonds is 3. The molecule has 0 aromatic heterocycles. The number of ether oxygens (including phenoxy) is 1. The number of hydrogen-bond acceptors (Lipinski definition) is 3. The van der Waals surface area contributed by atoms with Crippen molar-refractivity contribution in [3.05, 3.63) is 24.0 Å². The van der Waals surface area contributed by atoms with E-state index in [2.05, 4.69) is 17.1 Å². The Balaban J connectivity index is 1.85. The molecule has 0 bridgehead atoms. The number of anilines is 1. The summed E-state index contributed by atoms with van der Waals surface area (Å²) in [5.74, 6) is 1.16. The van der Waals surface area contributed by atoms with Crippen molar-refractivity contribution in [2.45, 2.75) is 25.3 Å². The third-order valence-corrected chi connectivity index (χ3v) is 4.39. The van der Waals surface area contributed by atoms with E-state index in [0.717, 1.165) is 31.2 Å². The van der Waals surface area contributed by atoms with Gasteiger partial charge in [-0.2, -0.15) is 0 Å². The van der Waals surface area contributed by atoms with Crippen molar-refractivity contribution < 1.29 is 9.13 Å². The van der Waals surface area contributed by atoms with Gasteiger partial charge in [0.05, 0.1) is 12.8 Å². The maximum absolute atomic E-state index is 13.3. The predicted molar refractivity (Wildman–Crippen MR) is 74.3 cm³/mol. The number of nitrogens with zero attached hydrogens (tertiary/aromatic N) is 1. The van der Waals surface area contributed by atoms with Crippen LogP contribution in [-0.2, 0) is 0 Å². The molecule has 19 heavy (non-hydrogen) atoms. The van der Waals surface area contributed by atoms with Gasteiger partial charge in [0.1, 0.15) is 11.6 Å². The van der Waals surface area contributed by atoms with Crippen molar-refractivity contribution in [3.8, 4) is 5.75 Å². The van der Waals surface area contributed by atoms with Gasteiger partial charge in [0.2, 0.25) is 0 Å². The van der Waals surface area contributed by atoms with Gasteiger partial charge in [0, 0.05) is 31.2 Å². The van der Waals surface area contributed by atoms with E-state index in [4.69, 9.17) is 4.74 Å². The summed E-state index contributed by atoms with van der Waals surface area (Å²) >= 11 is 0. The zero-order valence-electron chi connectivity index (χ0n) is 11.6. The van der Waals surface area contributed by atoms with Gasteiger partial charge in [-0.05, 0) is 37.8 Å². The normalized spacial score (nSPS) is 27.4. The molecule has 3 rings (SSSR count). The Morgan fingerprint density at radius 1 is 1.42 bits per heavy atom. The molecule has 2 fully saturated rings. The molecule has 104 valence electrons. The summed E-state index contributed by atoms with van der Waals surface area (Å²) < 4.78 is 18.6. The van der Waals surface area contributed by atoms with Crippen LogP contribution in [0.15, 0.2) is 18.2 Å². The first-order valence-corrected chi connectivity index (χ1v) is 6.96. The van der Waals surface area contributed by atoms with E-state index in [1.54, 1.807) is 7.11 Å². The monoisotopic (exact) mass is 264 g/mol. The second-order valence-corrected chi connectivity index (χ2v) is 5.86. The molecule has 1 aromatic carbocycles. The molecular formula is C15H21FN2O. The Kier molecular flexibility index (Phi) is 3.13. The Morgan fingerprint density at radius 3 is 2.89 bits per heavy atom. The Labute approximate surface area is 113 Å². The number of piperazine rings is 1. The van der Waals surface area contributed by atoms with Gasteiger partial charge in [-0.3, -0.25) is 0 Å². The Bertz CT molecular complexity index is 475. The van der Waals surface area contributed by atoms with Crippen molar-refractivity contribution >= 4 is 5.69 Å². The quantitative estimate of drug-likeness (QED) is 0.907. The SMILES string of the molecule is COc1cc(F)ccc1N1CCNC(C)(C2CC2)C1.